The van der Waals surface area contributed by atoms with Crippen molar-refractivity contribution < 1.29 is 14.3 Å². The number of hydrogen-bond donors (Lipinski definition) is 1. The lowest BCUT2D eigenvalue weighted by Gasteiger charge is -2.24. The van der Waals surface area contributed by atoms with Crippen molar-refractivity contribution in [2.75, 3.05) is 11.4 Å². The summed E-state index contributed by atoms with van der Waals surface area (Å²) in [5, 5.41) is 2.58. The minimum Gasteiger partial charge on any atom is -0.444 e. The standard InChI is InChI=1S/C15H21N3O3/c1-10(17-14(20)21-15(2,3)4)13(19)18-8-6-11-9-16-7-5-12(11)18/h5,7,9-10H,6,8H2,1-4H3,(H,17,20). The Kier molecular flexibility index (Phi) is 4.16. The van der Waals surface area contributed by atoms with Crippen LogP contribution in [0, 0.1) is 0 Å². The fourth-order valence-electron chi connectivity index (χ4n) is 2.24. The fraction of sp³-hybridized carbons (Fsp3) is 0.533. The summed E-state index contributed by atoms with van der Waals surface area (Å²) in [6, 6.07) is 1.18. The highest BCUT2D eigenvalue weighted by Crippen LogP contribution is 2.27. The van der Waals surface area contributed by atoms with E-state index >= 15 is 0 Å². The van der Waals surface area contributed by atoms with Gasteiger partial charge in [-0.05, 0) is 45.7 Å². The van der Waals surface area contributed by atoms with Crippen LogP contribution in [0.3, 0.4) is 0 Å². The average molecular weight is 291 g/mol. The number of rotatable bonds is 2. The van der Waals surface area contributed by atoms with Gasteiger partial charge in [0.25, 0.3) is 0 Å². The number of amides is 2. The summed E-state index contributed by atoms with van der Waals surface area (Å²) in [5.41, 5.74) is 1.34. The van der Waals surface area contributed by atoms with Crippen LogP contribution in [-0.4, -0.2) is 35.2 Å². The zero-order valence-electron chi connectivity index (χ0n) is 12.8. The highest BCUT2D eigenvalue weighted by atomic mass is 16.6. The van der Waals surface area contributed by atoms with Crippen LogP contribution in [0.4, 0.5) is 10.5 Å². The summed E-state index contributed by atoms with van der Waals surface area (Å²) >= 11 is 0. The lowest BCUT2D eigenvalue weighted by Crippen LogP contribution is -2.47. The Balaban J connectivity index is 1.99. The number of hydrogen-bond acceptors (Lipinski definition) is 4. The molecule has 1 aromatic rings. The smallest absolute Gasteiger partial charge is 0.408 e. The van der Waals surface area contributed by atoms with Gasteiger partial charge in [-0.25, -0.2) is 4.79 Å². The van der Waals surface area contributed by atoms with Crippen molar-refractivity contribution in [3.63, 3.8) is 0 Å². The van der Waals surface area contributed by atoms with Gasteiger partial charge in [0.2, 0.25) is 5.91 Å². The van der Waals surface area contributed by atoms with Crippen LogP contribution in [0.2, 0.25) is 0 Å². The van der Waals surface area contributed by atoms with E-state index in [0.717, 1.165) is 17.7 Å². The second-order valence-electron chi connectivity index (χ2n) is 6.11. The van der Waals surface area contributed by atoms with Gasteiger partial charge in [-0.15, -0.1) is 0 Å². The normalized spacial score (nSPS) is 15.3. The zero-order valence-corrected chi connectivity index (χ0v) is 12.8. The molecule has 6 heteroatoms. The number of aromatic nitrogens is 1. The Morgan fingerprint density at radius 1 is 1.43 bits per heavy atom. The molecule has 1 N–H and O–H groups in total. The number of carbonyl (C=O) groups is 2. The van der Waals surface area contributed by atoms with Gasteiger partial charge in [-0.1, -0.05) is 0 Å². The lowest BCUT2D eigenvalue weighted by atomic mass is 10.2. The van der Waals surface area contributed by atoms with Gasteiger partial charge < -0.3 is 15.0 Å². The quantitative estimate of drug-likeness (QED) is 0.903. The third-order valence-corrected chi connectivity index (χ3v) is 3.14. The molecule has 0 saturated carbocycles. The topological polar surface area (TPSA) is 71.5 Å². The second-order valence-corrected chi connectivity index (χ2v) is 6.11. The van der Waals surface area contributed by atoms with Gasteiger partial charge in [-0.3, -0.25) is 9.78 Å². The number of carbonyl (C=O) groups excluding carboxylic acids is 2. The van der Waals surface area contributed by atoms with Crippen molar-refractivity contribution in [1.29, 1.82) is 0 Å². The molecule has 1 atom stereocenters. The molecule has 0 spiro atoms. The molecule has 2 heterocycles. The van der Waals surface area contributed by atoms with E-state index in [2.05, 4.69) is 10.3 Å². The molecule has 114 valence electrons. The number of nitrogens with zero attached hydrogens (tertiary/aromatic N) is 2. The molecule has 1 unspecified atom stereocenters. The Labute approximate surface area is 124 Å². The number of fused-ring (bicyclic) bond motifs is 1. The minimum absolute atomic E-state index is 0.147. The second kappa shape index (κ2) is 5.71. The maximum Gasteiger partial charge on any atom is 0.408 e. The molecule has 1 aliphatic rings. The van der Waals surface area contributed by atoms with Crippen LogP contribution < -0.4 is 10.2 Å². The molecule has 2 rings (SSSR count). The molecule has 6 nitrogen and oxygen atoms in total. The van der Waals surface area contributed by atoms with Crippen molar-refractivity contribution in [2.24, 2.45) is 0 Å². The van der Waals surface area contributed by atoms with Crippen molar-refractivity contribution in [3.8, 4) is 0 Å². The lowest BCUT2D eigenvalue weighted by molar-refractivity contribution is -0.120. The molecule has 2 amide bonds. The summed E-state index contributed by atoms with van der Waals surface area (Å²) in [5.74, 6) is -0.147. The molecule has 0 radical (unpaired) electrons. The van der Waals surface area contributed by atoms with E-state index in [1.807, 2.05) is 6.07 Å². The number of nitrogens with one attached hydrogen (secondary N) is 1. The van der Waals surface area contributed by atoms with E-state index in [1.54, 1.807) is 45.0 Å². The van der Waals surface area contributed by atoms with E-state index in [9.17, 15) is 9.59 Å². The van der Waals surface area contributed by atoms with Crippen LogP contribution in [0.1, 0.15) is 33.3 Å². The SMILES string of the molecule is CC(NC(=O)OC(C)(C)C)C(=O)N1CCc2cnccc21. The van der Waals surface area contributed by atoms with Gasteiger partial charge in [0, 0.05) is 18.9 Å². The number of ether oxygens (including phenoxy) is 1. The van der Waals surface area contributed by atoms with E-state index in [4.69, 9.17) is 4.74 Å². The van der Waals surface area contributed by atoms with Crippen molar-refractivity contribution >= 4 is 17.7 Å². The highest BCUT2D eigenvalue weighted by Gasteiger charge is 2.29. The highest BCUT2D eigenvalue weighted by molar-refractivity contribution is 5.99. The minimum atomic E-state index is -0.640. The Morgan fingerprint density at radius 3 is 2.81 bits per heavy atom. The average Bonchev–Trinajstić information content (AvgIpc) is 2.79. The molecular weight excluding hydrogens is 270 g/mol. The molecule has 21 heavy (non-hydrogen) atoms. The molecule has 0 saturated heterocycles. The first-order valence-corrected chi connectivity index (χ1v) is 7.02. The first kappa shape index (κ1) is 15.3. The van der Waals surface area contributed by atoms with E-state index in [0.29, 0.717) is 6.54 Å². The van der Waals surface area contributed by atoms with E-state index < -0.39 is 17.7 Å². The molecule has 0 bridgehead atoms. The summed E-state index contributed by atoms with van der Waals surface area (Å²) in [6.07, 6.45) is 3.64. The summed E-state index contributed by atoms with van der Waals surface area (Å²) < 4.78 is 5.16. The third kappa shape index (κ3) is 3.71. The van der Waals surface area contributed by atoms with Gasteiger partial charge in [0.05, 0.1) is 5.69 Å². The van der Waals surface area contributed by atoms with Gasteiger partial charge in [0.15, 0.2) is 0 Å². The third-order valence-electron chi connectivity index (χ3n) is 3.14. The van der Waals surface area contributed by atoms with Crippen LogP contribution in [0.15, 0.2) is 18.5 Å². The summed E-state index contributed by atoms with van der Waals surface area (Å²) in [7, 11) is 0. The van der Waals surface area contributed by atoms with Crippen LogP contribution in [0.25, 0.3) is 0 Å². The first-order valence-electron chi connectivity index (χ1n) is 7.02. The van der Waals surface area contributed by atoms with Crippen molar-refractivity contribution in [2.45, 2.75) is 45.8 Å². The fourth-order valence-corrected chi connectivity index (χ4v) is 2.24. The van der Waals surface area contributed by atoms with E-state index in [-0.39, 0.29) is 5.91 Å². The number of pyridine rings is 1. The molecule has 1 aliphatic heterocycles. The molecule has 1 aromatic heterocycles. The Morgan fingerprint density at radius 2 is 2.14 bits per heavy atom. The van der Waals surface area contributed by atoms with Gasteiger partial charge in [-0.2, -0.15) is 0 Å². The monoisotopic (exact) mass is 291 g/mol. The van der Waals surface area contributed by atoms with E-state index in [1.165, 1.54) is 0 Å². The van der Waals surface area contributed by atoms with Crippen LogP contribution in [-0.2, 0) is 16.0 Å². The summed E-state index contributed by atoms with van der Waals surface area (Å²) in [6.45, 7) is 7.61. The molecule has 0 aliphatic carbocycles. The van der Waals surface area contributed by atoms with Gasteiger partial charge >= 0.3 is 6.09 Å². The Hall–Kier alpha value is -2.11. The predicted octanol–water partition coefficient (Wildman–Crippen LogP) is 1.88. The largest absolute Gasteiger partial charge is 0.444 e. The molecular formula is C15H21N3O3. The maximum atomic E-state index is 12.4. The zero-order chi connectivity index (χ0) is 15.6. The number of alkyl carbamates (subject to hydrolysis) is 1. The maximum absolute atomic E-state index is 12.4. The summed E-state index contributed by atoms with van der Waals surface area (Å²) in [4.78, 5) is 29.9. The Bertz CT molecular complexity index is 551. The van der Waals surface area contributed by atoms with Gasteiger partial charge in [0.1, 0.15) is 11.6 Å². The number of anilines is 1. The molecule has 0 aromatic carbocycles. The molecule has 0 fully saturated rings. The van der Waals surface area contributed by atoms with Crippen molar-refractivity contribution in [1.82, 2.24) is 10.3 Å². The van der Waals surface area contributed by atoms with Crippen LogP contribution in [0.5, 0.6) is 0 Å². The predicted molar refractivity (Wildman–Crippen MR) is 79.1 cm³/mol. The van der Waals surface area contributed by atoms with Crippen molar-refractivity contribution in [3.05, 3.63) is 24.0 Å². The van der Waals surface area contributed by atoms with Crippen LogP contribution >= 0.6 is 0 Å². The first-order chi connectivity index (χ1) is 9.78.